The third-order valence-corrected chi connectivity index (χ3v) is 3.97. The lowest BCUT2D eigenvalue weighted by atomic mass is 10.0. The molecule has 0 aliphatic carbocycles. The fraction of sp³-hybridized carbons (Fsp3) is 0.278. The van der Waals surface area contributed by atoms with Crippen molar-refractivity contribution in [2.75, 3.05) is 5.32 Å². The van der Waals surface area contributed by atoms with Crippen LogP contribution in [0, 0.1) is 5.92 Å². The van der Waals surface area contributed by atoms with Crippen LogP contribution in [0.3, 0.4) is 0 Å². The van der Waals surface area contributed by atoms with Crippen LogP contribution in [0.2, 0.25) is 0 Å². The van der Waals surface area contributed by atoms with E-state index in [9.17, 15) is 14.4 Å². The van der Waals surface area contributed by atoms with Crippen molar-refractivity contribution in [1.29, 1.82) is 0 Å². The second-order valence-corrected chi connectivity index (χ2v) is 6.43. The van der Waals surface area contributed by atoms with Crippen LogP contribution in [-0.2, 0) is 4.79 Å². The number of fused-ring (bicyclic) bond motifs is 1. The van der Waals surface area contributed by atoms with E-state index in [2.05, 4.69) is 29.1 Å². The zero-order valence-corrected chi connectivity index (χ0v) is 14.1. The van der Waals surface area contributed by atoms with Gasteiger partial charge in [0.25, 0.3) is 0 Å². The maximum atomic E-state index is 12.7. The first-order chi connectivity index (χ1) is 11.9. The standard InChI is InChI=1S/C18H20N4O3/c1-11(2)9-15(22-7-3-4-8-22)16(23)19-12-5-6-13-14(10-12)21-18(25)17(24)20-13/h3-8,10-11,15H,9H2,1-2H3,(H,19,23)(H,20,24)(H,21,25)/t15-/m1/s1. The fourth-order valence-electron chi connectivity index (χ4n) is 2.78. The summed E-state index contributed by atoms with van der Waals surface area (Å²) in [6, 6.07) is 8.42. The largest absolute Gasteiger partial charge is 0.342 e. The minimum atomic E-state index is -0.721. The predicted octanol–water partition coefficient (Wildman–Crippen LogP) is 2.24. The Kier molecular flexibility index (Phi) is 4.56. The molecule has 0 fully saturated rings. The van der Waals surface area contributed by atoms with Crippen LogP contribution in [0.15, 0.2) is 52.3 Å². The van der Waals surface area contributed by atoms with E-state index in [0.717, 1.165) is 0 Å². The maximum Gasteiger partial charge on any atom is 0.314 e. The average molecular weight is 340 g/mol. The fourth-order valence-corrected chi connectivity index (χ4v) is 2.78. The van der Waals surface area contributed by atoms with Crippen molar-refractivity contribution in [3.05, 3.63) is 63.4 Å². The molecule has 3 aromatic rings. The minimum absolute atomic E-state index is 0.129. The number of amides is 1. The van der Waals surface area contributed by atoms with Gasteiger partial charge in [0.05, 0.1) is 11.0 Å². The first-order valence-corrected chi connectivity index (χ1v) is 8.13. The number of anilines is 1. The molecule has 1 atom stereocenters. The number of carbonyl (C=O) groups is 1. The molecule has 3 rings (SSSR count). The molecule has 1 amide bonds. The van der Waals surface area contributed by atoms with E-state index in [1.165, 1.54) is 0 Å². The highest BCUT2D eigenvalue weighted by molar-refractivity contribution is 5.95. The molecule has 130 valence electrons. The van der Waals surface area contributed by atoms with E-state index in [-0.39, 0.29) is 11.9 Å². The Bertz CT molecular complexity index is 999. The van der Waals surface area contributed by atoms with Gasteiger partial charge < -0.3 is 19.9 Å². The lowest BCUT2D eigenvalue weighted by Crippen LogP contribution is -2.29. The number of rotatable bonds is 5. The summed E-state index contributed by atoms with van der Waals surface area (Å²) in [7, 11) is 0. The van der Waals surface area contributed by atoms with Gasteiger partial charge in [-0.2, -0.15) is 0 Å². The van der Waals surface area contributed by atoms with Gasteiger partial charge in [0.1, 0.15) is 6.04 Å². The van der Waals surface area contributed by atoms with Gasteiger partial charge in [-0.1, -0.05) is 13.8 Å². The normalized spacial score (nSPS) is 12.4. The van der Waals surface area contributed by atoms with E-state index in [1.54, 1.807) is 18.2 Å². The Labute approximate surface area is 143 Å². The number of carbonyl (C=O) groups excluding carboxylic acids is 1. The Morgan fingerprint density at radius 1 is 1.08 bits per heavy atom. The van der Waals surface area contributed by atoms with Crippen molar-refractivity contribution >= 4 is 22.6 Å². The van der Waals surface area contributed by atoms with E-state index in [4.69, 9.17) is 0 Å². The SMILES string of the molecule is CC(C)C[C@H](C(=O)Nc1ccc2[nH]c(=O)c(=O)[nH]c2c1)n1cccc1. The molecule has 7 heteroatoms. The van der Waals surface area contributed by atoms with Gasteiger partial charge in [0.15, 0.2) is 0 Å². The van der Waals surface area contributed by atoms with Crippen molar-refractivity contribution in [2.45, 2.75) is 26.3 Å². The van der Waals surface area contributed by atoms with Crippen LogP contribution in [0.4, 0.5) is 5.69 Å². The molecule has 25 heavy (non-hydrogen) atoms. The zero-order chi connectivity index (χ0) is 18.0. The van der Waals surface area contributed by atoms with Gasteiger partial charge >= 0.3 is 11.1 Å². The molecule has 0 unspecified atom stereocenters. The minimum Gasteiger partial charge on any atom is -0.342 e. The number of hydrogen-bond acceptors (Lipinski definition) is 3. The molecule has 3 N–H and O–H groups in total. The molecule has 1 aromatic carbocycles. The topological polar surface area (TPSA) is 99.8 Å². The van der Waals surface area contributed by atoms with Crippen LogP contribution < -0.4 is 16.4 Å². The summed E-state index contributed by atoms with van der Waals surface area (Å²) in [5.74, 6) is 0.229. The van der Waals surface area contributed by atoms with Gasteiger partial charge in [-0.3, -0.25) is 14.4 Å². The van der Waals surface area contributed by atoms with E-state index < -0.39 is 11.1 Å². The molecule has 7 nitrogen and oxygen atoms in total. The third kappa shape index (κ3) is 3.71. The Morgan fingerprint density at radius 3 is 2.36 bits per heavy atom. The number of H-pyrrole nitrogens is 2. The van der Waals surface area contributed by atoms with Crippen molar-refractivity contribution in [3.63, 3.8) is 0 Å². The molecule has 0 spiro atoms. The number of aromatic nitrogens is 3. The first kappa shape index (κ1) is 16.8. The molecule has 2 heterocycles. The van der Waals surface area contributed by atoms with Gasteiger partial charge in [0, 0.05) is 18.1 Å². The molecule has 2 aromatic heterocycles. The number of benzene rings is 1. The smallest absolute Gasteiger partial charge is 0.314 e. The van der Waals surface area contributed by atoms with E-state index in [0.29, 0.717) is 29.1 Å². The van der Waals surface area contributed by atoms with Gasteiger partial charge in [-0.25, -0.2) is 0 Å². The summed E-state index contributed by atoms with van der Waals surface area (Å²) in [5, 5.41) is 2.89. The van der Waals surface area contributed by atoms with Crippen LogP contribution in [0.25, 0.3) is 11.0 Å². The van der Waals surface area contributed by atoms with Crippen molar-refractivity contribution in [2.24, 2.45) is 5.92 Å². The molecule has 0 saturated carbocycles. The second kappa shape index (κ2) is 6.80. The summed E-state index contributed by atoms with van der Waals surface area (Å²) < 4.78 is 1.88. The average Bonchev–Trinajstić information content (AvgIpc) is 3.08. The van der Waals surface area contributed by atoms with Gasteiger partial charge in [0.2, 0.25) is 5.91 Å². The molecule has 0 saturated heterocycles. The van der Waals surface area contributed by atoms with E-state index >= 15 is 0 Å². The molecule has 0 aliphatic rings. The second-order valence-electron chi connectivity index (χ2n) is 6.43. The Balaban J connectivity index is 1.88. The molecule has 0 aliphatic heterocycles. The summed E-state index contributed by atoms with van der Waals surface area (Å²) in [6.45, 7) is 4.14. The number of nitrogens with zero attached hydrogens (tertiary/aromatic N) is 1. The lowest BCUT2D eigenvalue weighted by Gasteiger charge is -2.20. The Hall–Kier alpha value is -3.09. The number of nitrogens with one attached hydrogen (secondary N) is 3. The molecule has 0 bridgehead atoms. The summed E-state index contributed by atoms with van der Waals surface area (Å²) in [6.07, 6.45) is 4.45. The van der Waals surface area contributed by atoms with Crippen LogP contribution in [0.5, 0.6) is 0 Å². The van der Waals surface area contributed by atoms with Crippen molar-refractivity contribution < 1.29 is 4.79 Å². The lowest BCUT2D eigenvalue weighted by molar-refractivity contribution is -0.119. The first-order valence-electron chi connectivity index (χ1n) is 8.13. The monoisotopic (exact) mass is 340 g/mol. The van der Waals surface area contributed by atoms with Crippen LogP contribution in [0.1, 0.15) is 26.3 Å². The highest BCUT2D eigenvalue weighted by Gasteiger charge is 2.21. The summed E-state index contributed by atoms with van der Waals surface area (Å²) in [5.41, 5.74) is 0.103. The Morgan fingerprint density at radius 2 is 1.72 bits per heavy atom. The van der Waals surface area contributed by atoms with Gasteiger partial charge in [-0.05, 0) is 42.7 Å². The number of hydrogen-bond donors (Lipinski definition) is 3. The quantitative estimate of drug-likeness (QED) is 0.621. The molecular formula is C18H20N4O3. The number of aromatic amines is 2. The maximum absolute atomic E-state index is 12.7. The van der Waals surface area contributed by atoms with E-state index in [1.807, 2.05) is 29.1 Å². The molecule has 0 radical (unpaired) electrons. The third-order valence-electron chi connectivity index (χ3n) is 3.97. The van der Waals surface area contributed by atoms with Crippen LogP contribution in [-0.4, -0.2) is 20.4 Å². The van der Waals surface area contributed by atoms with Gasteiger partial charge in [-0.15, -0.1) is 0 Å². The predicted molar refractivity (Wildman–Crippen MR) is 96.7 cm³/mol. The zero-order valence-electron chi connectivity index (χ0n) is 14.1. The van der Waals surface area contributed by atoms with Crippen LogP contribution >= 0.6 is 0 Å². The highest BCUT2D eigenvalue weighted by atomic mass is 16.2. The van der Waals surface area contributed by atoms with Crippen molar-refractivity contribution in [3.8, 4) is 0 Å². The highest BCUT2D eigenvalue weighted by Crippen LogP contribution is 2.21. The summed E-state index contributed by atoms with van der Waals surface area (Å²) in [4.78, 5) is 40.5. The van der Waals surface area contributed by atoms with Crippen molar-refractivity contribution in [1.82, 2.24) is 14.5 Å². The summed E-state index contributed by atoms with van der Waals surface area (Å²) >= 11 is 0. The molecular weight excluding hydrogens is 320 g/mol.